The van der Waals surface area contributed by atoms with Gasteiger partial charge in [0.1, 0.15) is 0 Å². The summed E-state index contributed by atoms with van der Waals surface area (Å²) in [7, 11) is 3.77. The molecule has 0 bridgehead atoms. The minimum atomic E-state index is -4.93. The number of nitrogens with zero attached hydrogens (tertiary/aromatic N) is 2. The second kappa shape index (κ2) is 6.87. The molecule has 6 rings (SSSR count). The molecule has 0 radical (unpaired) electrons. The Morgan fingerprint density at radius 1 is 0.559 bits per heavy atom. The summed E-state index contributed by atoms with van der Waals surface area (Å²) in [4.78, 5) is 0. The van der Waals surface area contributed by atoms with Crippen molar-refractivity contribution in [3.63, 3.8) is 0 Å². The Morgan fingerprint density at radius 3 is 1.35 bits per heavy atom. The molecule has 6 aromatic rings. The number of aryl methyl sites for hydroxylation is 2. The molecule has 2 aromatic heterocycles. The lowest BCUT2D eigenvalue weighted by Gasteiger charge is -2.32. The molecule has 0 amide bonds. The van der Waals surface area contributed by atoms with Crippen LogP contribution < -0.4 is 0 Å². The van der Waals surface area contributed by atoms with E-state index in [2.05, 4.69) is 0 Å². The number of para-hydroxylation sites is 2. The van der Waals surface area contributed by atoms with Crippen LogP contribution in [-0.4, -0.2) is 20.4 Å². The molecule has 0 atom stereocenters. The van der Waals surface area contributed by atoms with Crippen LogP contribution in [0, 0.1) is 0 Å². The Bertz CT molecular complexity index is 1620. The maximum atomic E-state index is 14.7. The van der Waals surface area contributed by atoms with Crippen molar-refractivity contribution in [1.82, 2.24) is 9.13 Å². The van der Waals surface area contributed by atoms with E-state index in [0.29, 0.717) is 10.8 Å². The van der Waals surface area contributed by atoms with E-state index in [1.165, 1.54) is 24.3 Å². The lowest BCUT2D eigenvalue weighted by atomic mass is 9.84. The highest BCUT2D eigenvalue weighted by Gasteiger charge is 2.56. The molecule has 3 nitrogen and oxygen atoms in total. The largest absolute Gasteiger partial charge is 0.425 e. The quantitative estimate of drug-likeness (QED) is 0.305. The molecule has 170 valence electrons. The molecule has 0 saturated heterocycles. The van der Waals surface area contributed by atoms with Crippen LogP contribution in [0.25, 0.3) is 43.6 Å². The summed E-state index contributed by atoms with van der Waals surface area (Å²) < 4.78 is 47.9. The average molecular weight is 458 g/mol. The number of halogens is 3. The van der Waals surface area contributed by atoms with Crippen LogP contribution in [0.15, 0.2) is 84.9 Å². The van der Waals surface area contributed by atoms with Gasteiger partial charge in [0.15, 0.2) is 0 Å². The maximum absolute atomic E-state index is 14.7. The van der Waals surface area contributed by atoms with Crippen LogP contribution in [0.3, 0.4) is 0 Å². The molecule has 0 saturated carbocycles. The number of benzene rings is 4. The van der Waals surface area contributed by atoms with Crippen molar-refractivity contribution in [1.29, 1.82) is 0 Å². The fourth-order valence-electron chi connectivity index (χ4n) is 5.28. The highest BCUT2D eigenvalue weighted by atomic mass is 19.4. The Kier molecular flexibility index (Phi) is 4.20. The second-order valence-corrected chi connectivity index (χ2v) is 8.82. The summed E-state index contributed by atoms with van der Waals surface area (Å²) in [5.74, 6) is 0. The van der Waals surface area contributed by atoms with Crippen LogP contribution in [0.5, 0.6) is 0 Å². The van der Waals surface area contributed by atoms with E-state index in [9.17, 15) is 18.3 Å². The third kappa shape index (κ3) is 2.63. The van der Waals surface area contributed by atoms with Gasteiger partial charge in [0.25, 0.3) is 0 Å². The van der Waals surface area contributed by atoms with E-state index in [4.69, 9.17) is 0 Å². The molecule has 0 unspecified atom stereocenters. The smallest absolute Gasteiger partial charge is 0.372 e. The number of aromatic nitrogens is 2. The molecule has 34 heavy (non-hydrogen) atoms. The van der Waals surface area contributed by atoms with Gasteiger partial charge in [-0.1, -0.05) is 48.5 Å². The molecule has 4 aromatic carbocycles. The standard InChI is InChI=1S/C28H21F3N2O/c1-32-23-9-5-3-7-19(23)21-15-17(11-13-25(21)32)27(34,28(29,30)31)18-12-14-26-22(16-18)20-8-4-6-10-24(20)33(26)2/h3-16,34H,1-2H3. The van der Waals surface area contributed by atoms with E-state index in [-0.39, 0.29) is 11.1 Å². The first kappa shape index (κ1) is 20.8. The number of fused-ring (bicyclic) bond motifs is 6. The minimum Gasteiger partial charge on any atom is -0.372 e. The molecule has 6 heteroatoms. The van der Waals surface area contributed by atoms with Gasteiger partial charge in [0.05, 0.1) is 0 Å². The Balaban J connectivity index is 1.65. The van der Waals surface area contributed by atoms with E-state index >= 15 is 0 Å². The third-order valence-electron chi connectivity index (χ3n) is 7.07. The topological polar surface area (TPSA) is 30.1 Å². The van der Waals surface area contributed by atoms with Gasteiger partial charge in [-0.15, -0.1) is 0 Å². The maximum Gasteiger partial charge on any atom is 0.425 e. The van der Waals surface area contributed by atoms with Gasteiger partial charge >= 0.3 is 6.18 Å². The number of hydrogen-bond acceptors (Lipinski definition) is 1. The summed E-state index contributed by atoms with van der Waals surface area (Å²) in [5, 5.41) is 14.5. The summed E-state index contributed by atoms with van der Waals surface area (Å²) in [5.41, 5.74) is -0.127. The molecular weight excluding hydrogens is 437 g/mol. The van der Waals surface area contributed by atoms with Crippen molar-refractivity contribution < 1.29 is 18.3 Å². The van der Waals surface area contributed by atoms with Crippen LogP contribution in [0.1, 0.15) is 11.1 Å². The Hall–Kier alpha value is -3.77. The first-order valence-electron chi connectivity index (χ1n) is 11.0. The average Bonchev–Trinajstić information content (AvgIpc) is 3.29. The summed E-state index contributed by atoms with van der Waals surface area (Å²) in [6, 6.07) is 24.1. The van der Waals surface area contributed by atoms with Gasteiger partial charge in [0.2, 0.25) is 5.60 Å². The van der Waals surface area contributed by atoms with Crippen molar-refractivity contribution in [2.75, 3.05) is 0 Å². The highest BCUT2D eigenvalue weighted by Crippen LogP contribution is 2.46. The van der Waals surface area contributed by atoms with Crippen LogP contribution in [-0.2, 0) is 19.7 Å². The number of aliphatic hydroxyl groups is 1. The van der Waals surface area contributed by atoms with Crippen molar-refractivity contribution in [3.05, 3.63) is 96.1 Å². The zero-order chi connectivity index (χ0) is 23.8. The van der Waals surface area contributed by atoms with E-state index in [1.807, 2.05) is 71.8 Å². The Labute approximate surface area is 193 Å². The van der Waals surface area contributed by atoms with Crippen LogP contribution in [0.2, 0.25) is 0 Å². The molecule has 0 fully saturated rings. The lowest BCUT2D eigenvalue weighted by molar-refractivity contribution is -0.248. The molecule has 0 spiro atoms. The molecule has 0 aliphatic heterocycles. The monoisotopic (exact) mass is 458 g/mol. The first-order chi connectivity index (χ1) is 16.2. The van der Waals surface area contributed by atoms with Gasteiger partial charge < -0.3 is 14.2 Å². The molecule has 2 heterocycles. The van der Waals surface area contributed by atoms with Crippen LogP contribution in [0.4, 0.5) is 13.2 Å². The van der Waals surface area contributed by atoms with Crippen molar-refractivity contribution in [2.45, 2.75) is 11.8 Å². The summed E-state index contributed by atoms with van der Waals surface area (Å²) in [6.45, 7) is 0. The fourth-order valence-corrected chi connectivity index (χ4v) is 5.28. The van der Waals surface area contributed by atoms with Crippen molar-refractivity contribution in [3.8, 4) is 0 Å². The predicted molar refractivity (Wildman–Crippen MR) is 130 cm³/mol. The van der Waals surface area contributed by atoms with E-state index < -0.39 is 11.8 Å². The molecule has 1 N–H and O–H groups in total. The van der Waals surface area contributed by atoms with E-state index in [0.717, 1.165) is 32.8 Å². The third-order valence-corrected chi connectivity index (χ3v) is 7.07. The van der Waals surface area contributed by atoms with Gasteiger partial charge in [-0.3, -0.25) is 0 Å². The van der Waals surface area contributed by atoms with Gasteiger partial charge in [-0.2, -0.15) is 13.2 Å². The fraction of sp³-hybridized carbons (Fsp3) is 0.143. The van der Waals surface area contributed by atoms with Crippen LogP contribution >= 0.6 is 0 Å². The number of rotatable bonds is 2. The second-order valence-electron chi connectivity index (χ2n) is 8.82. The molecule has 0 aliphatic rings. The normalized spacial score (nSPS) is 13.0. The van der Waals surface area contributed by atoms with Gasteiger partial charge in [0, 0.05) is 57.7 Å². The lowest BCUT2D eigenvalue weighted by Crippen LogP contribution is -2.43. The number of hydrogen-bond donors (Lipinski definition) is 1. The zero-order valence-electron chi connectivity index (χ0n) is 18.6. The van der Waals surface area contributed by atoms with Gasteiger partial charge in [-0.05, 0) is 47.5 Å². The summed E-state index contributed by atoms with van der Waals surface area (Å²) in [6.07, 6.45) is -4.93. The first-order valence-corrected chi connectivity index (χ1v) is 11.0. The molecule has 0 aliphatic carbocycles. The minimum absolute atomic E-state index is 0.205. The van der Waals surface area contributed by atoms with E-state index in [1.54, 1.807) is 12.1 Å². The molecular formula is C28H21F3N2O. The predicted octanol–water partition coefficient (Wildman–Crippen LogP) is 6.77. The summed E-state index contributed by atoms with van der Waals surface area (Å²) >= 11 is 0. The highest BCUT2D eigenvalue weighted by molar-refractivity contribution is 6.09. The van der Waals surface area contributed by atoms with Crippen molar-refractivity contribution in [2.24, 2.45) is 14.1 Å². The SMILES string of the molecule is Cn1c2ccccc2c2cc(C(O)(c3ccc4c(c3)c3ccccc3n4C)C(F)(F)F)ccc21. The van der Waals surface area contributed by atoms with Crippen molar-refractivity contribution >= 4 is 43.6 Å². The van der Waals surface area contributed by atoms with Gasteiger partial charge in [-0.25, -0.2) is 0 Å². The number of alkyl halides is 3. The Morgan fingerprint density at radius 2 is 0.941 bits per heavy atom. The zero-order valence-corrected chi connectivity index (χ0v) is 18.6.